The van der Waals surface area contributed by atoms with Gasteiger partial charge in [0, 0.05) is 11.1 Å². The number of anilines is 1. The van der Waals surface area contributed by atoms with Crippen LogP contribution < -0.4 is 10.6 Å². The van der Waals surface area contributed by atoms with Crippen LogP contribution in [0.2, 0.25) is 5.02 Å². The highest BCUT2D eigenvalue weighted by atomic mass is 35.5. The fraction of sp³-hybridized carbons (Fsp3) is 0.462. The zero-order chi connectivity index (χ0) is 17.3. The number of nitrogens with one attached hydrogen (secondary N) is 2. The van der Waals surface area contributed by atoms with E-state index in [1.54, 1.807) is 0 Å². The zero-order valence-electron chi connectivity index (χ0n) is 11.8. The molecule has 128 valence electrons. The molecule has 1 heterocycles. The van der Waals surface area contributed by atoms with E-state index in [2.05, 4.69) is 10.6 Å². The van der Waals surface area contributed by atoms with Gasteiger partial charge in [0.25, 0.3) is 0 Å². The average molecular weight is 371 g/mol. The Bertz CT molecular complexity index is 707. The van der Waals surface area contributed by atoms with Gasteiger partial charge in [-0.3, -0.25) is 4.79 Å². The summed E-state index contributed by atoms with van der Waals surface area (Å²) in [5.74, 6) is -0.724. The molecule has 0 aromatic heterocycles. The highest BCUT2D eigenvalue weighted by molar-refractivity contribution is 7.91. The number of halogens is 4. The zero-order valence-corrected chi connectivity index (χ0v) is 13.4. The Hall–Kier alpha value is -1.32. The number of benzene rings is 1. The van der Waals surface area contributed by atoms with Gasteiger partial charge < -0.3 is 10.6 Å². The fourth-order valence-corrected chi connectivity index (χ4v) is 4.13. The van der Waals surface area contributed by atoms with E-state index < -0.39 is 33.2 Å². The van der Waals surface area contributed by atoms with Gasteiger partial charge in [-0.1, -0.05) is 11.6 Å². The van der Waals surface area contributed by atoms with Crippen molar-refractivity contribution in [1.29, 1.82) is 0 Å². The summed E-state index contributed by atoms with van der Waals surface area (Å²) < 4.78 is 61.3. The van der Waals surface area contributed by atoms with Crippen molar-refractivity contribution in [3.8, 4) is 0 Å². The lowest BCUT2D eigenvalue weighted by molar-refractivity contribution is -0.137. The highest BCUT2D eigenvalue weighted by Crippen LogP contribution is 2.36. The van der Waals surface area contributed by atoms with Crippen molar-refractivity contribution in [1.82, 2.24) is 5.32 Å². The number of carbonyl (C=O) groups is 1. The van der Waals surface area contributed by atoms with Gasteiger partial charge in [-0.15, -0.1) is 0 Å². The second-order valence-electron chi connectivity index (χ2n) is 5.22. The van der Waals surface area contributed by atoms with Crippen molar-refractivity contribution in [2.75, 3.05) is 23.4 Å². The van der Waals surface area contributed by atoms with Gasteiger partial charge >= 0.3 is 6.18 Å². The van der Waals surface area contributed by atoms with Crippen LogP contribution in [0.15, 0.2) is 18.2 Å². The van der Waals surface area contributed by atoms with Gasteiger partial charge in [-0.25, -0.2) is 8.42 Å². The molecule has 1 fully saturated rings. The van der Waals surface area contributed by atoms with Crippen molar-refractivity contribution in [2.24, 2.45) is 0 Å². The third-order valence-electron chi connectivity index (χ3n) is 3.34. The van der Waals surface area contributed by atoms with Crippen LogP contribution in [-0.2, 0) is 20.8 Å². The molecule has 10 heteroatoms. The lowest BCUT2D eigenvalue weighted by Gasteiger charge is -2.15. The molecule has 0 radical (unpaired) electrons. The smallest absolute Gasteiger partial charge is 0.324 e. The molecule has 1 amide bonds. The third-order valence-corrected chi connectivity index (χ3v) is 5.35. The predicted molar refractivity (Wildman–Crippen MR) is 80.1 cm³/mol. The molecular formula is C13H14ClF3N2O3S. The van der Waals surface area contributed by atoms with E-state index in [-0.39, 0.29) is 29.1 Å². The third kappa shape index (κ3) is 5.08. The van der Waals surface area contributed by atoms with Gasteiger partial charge in [0.15, 0.2) is 9.84 Å². The quantitative estimate of drug-likeness (QED) is 0.851. The summed E-state index contributed by atoms with van der Waals surface area (Å²) in [4.78, 5) is 11.8. The molecule has 1 aromatic carbocycles. The van der Waals surface area contributed by atoms with Crippen LogP contribution in [0.1, 0.15) is 12.0 Å². The number of hydrogen-bond donors (Lipinski definition) is 2. The van der Waals surface area contributed by atoms with Gasteiger partial charge in [-0.2, -0.15) is 13.2 Å². The molecule has 1 aliphatic rings. The summed E-state index contributed by atoms with van der Waals surface area (Å²) in [6.07, 6.45) is -4.27. The number of hydrogen-bond acceptors (Lipinski definition) is 4. The molecule has 1 unspecified atom stereocenters. The molecule has 2 N–H and O–H groups in total. The summed E-state index contributed by atoms with van der Waals surface area (Å²) >= 11 is 5.55. The highest BCUT2D eigenvalue weighted by Gasteiger charge is 2.34. The first-order valence-electron chi connectivity index (χ1n) is 6.67. The van der Waals surface area contributed by atoms with Crippen molar-refractivity contribution < 1.29 is 26.4 Å². The van der Waals surface area contributed by atoms with Crippen LogP contribution in [-0.4, -0.2) is 38.4 Å². The average Bonchev–Trinajstić information content (AvgIpc) is 2.77. The molecule has 1 atom stereocenters. The Balaban J connectivity index is 1.98. The Morgan fingerprint density at radius 1 is 1.35 bits per heavy atom. The Kier molecular flexibility index (Phi) is 5.22. The first-order chi connectivity index (χ1) is 10.6. The number of carbonyl (C=O) groups excluding carboxylic acids is 1. The van der Waals surface area contributed by atoms with Gasteiger partial charge in [0.2, 0.25) is 5.91 Å². The van der Waals surface area contributed by atoms with Crippen molar-refractivity contribution >= 4 is 33.0 Å². The number of sulfone groups is 1. The summed E-state index contributed by atoms with van der Waals surface area (Å²) in [5, 5.41) is 4.79. The normalized spacial score (nSPS) is 20.4. The van der Waals surface area contributed by atoms with Crippen LogP contribution in [0.5, 0.6) is 0 Å². The van der Waals surface area contributed by atoms with Crippen LogP contribution >= 0.6 is 11.6 Å². The van der Waals surface area contributed by atoms with Crippen LogP contribution in [0.3, 0.4) is 0 Å². The van der Waals surface area contributed by atoms with Crippen molar-refractivity contribution in [3.63, 3.8) is 0 Å². The summed E-state index contributed by atoms with van der Waals surface area (Å²) in [6.45, 7) is -0.278. The topological polar surface area (TPSA) is 75.3 Å². The van der Waals surface area contributed by atoms with Crippen LogP contribution in [0, 0.1) is 0 Å². The molecule has 2 rings (SSSR count). The lowest BCUT2D eigenvalue weighted by Crippen LogP contribution is -2.37. The predicted octanol–water partition coefficient (Wildman–Crippen LogP) is 2.07. The minimum Gasteiger partial charge on any atom is -0.324 e. The van der Waals surface area contributed by atoms with E-state index in [1.165, 1.54) is 6.07 Å². The number of rotatable bonds is 4. The summed E-state index contributed by atoms with van der Waals surface area (Å²) in [6, 6.07) is 2.68. The standard InChI is InChI=1S/C13H14ClF3N2O3S/c14-8-1-2-11(10(5-8)13(15,16)17)19-12(20)6-18-9-3-4-23(21,22)7-9/h1-2,5,9,18H,3-4,6-7H2,(H,19,20). The Morgan fingerprint density at radius 3 is 2.61 bits per heavy atom. The van der Waals surface area contributed by atoms with E-state index in [4.69, 9.17) is 11.6 Å². The Morgan fingerprint density at radius 2 is 2.04 bits per heavy atom. The summed E-state index contributed by atoms with van der Waals surface area (Å²) in [7, 11) is -3.09. The molecule has 1 saturated heterocycles. The monoisotopic (exact) mass is 370 g/mol. The van der Waals surface area contributed by atoms with Gasteiger partial charge in [0.1, 0.15) is 0 Å². The van der Waals surface area contributed by atoms with Crippen molar-refractivity contribution in [2.45, 2.75) is 18.6 Å². The van der Waals surface area contributed by atoms with Crippen molar-refractivity contribution in [3.05, 3.63) is 28.8 Å². The molecular weight excluding hydrogens is 357 g/mol. The Labute approximate surface area is 136 Å². The number of alkyl halides is 3. The molecule has 5 nitrogen and oxygen atoms in total. The van der Waals surface area contributed by atoms with E-state index in [0.717, 1.165) is 12.1 Å². The second kappa shape index (κ2) is 6.66. The minimum atomic E-state index is -4.65. The molecule has 0 aliphatic carbocycles. The van der Waals surface area contributed by atoms with E-state index >= 15 is 0 Å². The minimum absolute atomic E-state index is 0.0433. The van der Waals surface area contributed by atoms with Crippen LogP contribution in [0.25, 0.3) is 0 Å². The first-order valence-corrected chi connectivity index (χ1v) is 8.87. The SMILES string of the molecule is O=C(CNC1CCS(=O)(=O)C1)Nc1ccc(Cl)cc1C(F)(F)F. The largest absolute Gasteiger partial charge is 0.418 e. The molecule has 0 saturated carbocycles. The lowest BCUT2D eigenvalue weighted by atomic mass is 10.1. The van der Waals surface area contributed by atoms with Gasteiger partial charge in [0.05, 0.1) is 29.3 Å². The maximum absolute atomic E-state index is 12.9. The van der Waals surface area contributed by atoms with E-state index in [9.17, 15) is 26.4 Å². The molecule has 23 heavy (non-hydrogen) atoms. The van der Waals surface area contributed by atoms with E-state index in [0.29, 0.717) is 6.42 Å². The molecule has 0 bridgehead atoms. The molecule has 0 spiro atoms. The molecule has 1 aliphatic heterocycles. The maximum atomic E-state index is 12.9. The van der Waals surface area contributed by atoms with E-state index in [1.807, 2.05) is 0 Å². The van der Waals surface area contributed by atoms with Crippen LogP contribution in [0.4, 0.5) is 18.9 Å². The maximum Gasteiger partial charge on any atom is 0.418 e. The second-order valence-corrected chi connectivity index (χ2v) is 7.88. The molecule has 1 aromatic rings. The first kappa shape index (κ1) is 18.0. The summed E-state index contributed by atoms with van der Waals surface area (Å²) in [5.41, 5.74) is -1.44. The number of amides is 1. The fourth-order valence-electron chi connectivity index (χ4n) is 2.25. The van der Waals surface area contributed by atoms with Gasteiger partial charge in [-0.05, 0) is 24.6 Å².